The van der Waals surface area contributed by atoms with Gasteiger partial charge >= 0.3 is 0 Å². The van der Waals surface area contributed by atoms with Crippen LogP contribution in [0.25, 0.3) is 33.0 Å². The van der Waals surface area contributed by atoms with Crippen molar-refractivity contribution in [2.75, 3.05) is 11.9 Å². The van der Waals surface area contributed by atoms with E-state index in [1.807, 2.05) is 0 Å². The second-order valence-electron chi connectivity index (χ2n) is 6.76. The molecule has 0 unspecified atom stereocenters. The van der Waals surface area contributed by atoms with E-state index in [2.05, 4.69) is 97.7 Å². The van der Waals surface area contributed by atoms with E-state index in [9.17, 15) is 0 Å². The second kappa shape index (κ2) is 5.22. The average Bonchev–Trinajstić information content (AvgIpc) is 2.98. The first-order chi connectivity index (χ1) is 12.3. The molecule has 0 spiro atoms. The number of aryl methyl sites for hydroxylation is 1. The van der Waals surface area contributed by atoms with Crippen molar-refractivity contribution in [1.29, 1.82) is 0 Å². The Bertz CT molecular complexity index is 1100. The number of anilines is 2. The fraction of sp³-hybridized carbons (Fsp3) is 0.0833. The molecular weight excluding hydrogens is 302 g/mol. The highest BCUT2D eigenvalue weighted by atomic mass is 15.1. The standard InChI is InChI=1S/C24H19N/c1-16-14-15-20-19-12-6-8-17-9-7-13-21(22(17)19)23(20)24(16)25(2)18-10-4-3-5-11-18/h3-15H,1-2H3. The van der Waals surface area contributed by atoms with Gasteiger partial charge in [0.25, 0.3) is 0 Å². The molecule has 0 radical (unpaired) electrons. The van der Waals surface area contributed by atoms with Gasteiger partial charge in [0.2, 0.25) is 0 Å². The SMILES string of the molecule is Cc1ccc2c(c1N(C)c1ccccc1)-c1cccc3cccc-2c13. The molecule has 0 aromatic heterocycles. The molecular formula is C24H19N. The minimum Gasteiger partial charge on any atom is -0.344 e. The predicted molar refractivity (Wildman–Crippen MR) is 108 cm³/mol. The molecule has 25 heavy (non-hydrogen) atoms. The number of fused-ring (bicyclic) bond motifs is 3. The van der Waals surface area contributed by atoms with Gasteiger partial charge in [-0.3, -0.25) is 0 Å². The molecule has 0 heterocycles. The molecule has 0 amide bonds. The molecule has 120 valence electrons. The molecule has 4 aromatic carbocycles. The molecule has 1 nitrogen and oxygen atoms in total. The second-order valence-corrected chi connectivity index (χ2v) is 6.76. The summed E-state index contributed by atoms with van der Waals surface area (Å²) in [5.74, 6) is 0. The number of hydrogen-bond donors (Lipinski definition) is 0. The van der Waals surface area contributed by atoms with Crippen molar-refractivity contribution >= 4 is 22.1 Å². The molecule has 1 aliphatic rings. The first kappa shape index (κ1) is 14.3. The van der Waals surface area contributed by atoms with E-state index < -0.39 is 0 Å². The topological polar surface area (TPSA) is 3.24 Å². The Morgan fingerprint density at radius 2 is 1.36 bits per heavy atom. The van der Waals surface area contributed by atoms with Gasteiger partial charge in [0.15, 0.2) is 0 Å². The van der Waals surface area contributed by atoms with Crippen molar-refractivity contribution in [3.63, 3.8) is 0 Å². The average molecular weight is 321 g/mol. The quantitative estimate of drug-likeness (QED) is 0.356. The number of para-hydroxylation sites is 1. The van der Waals surface area contributed by atoms with Crippen LogP contribution in [0.3, 0.4) is 0 Å². The lowest BCUT2D eigenvalue weighted by atomic mass is 9.97. The summed E-state index contributed by atoms with van der Waals surface area (Å²) in [6, 6.07) is 28.4. The molecule has 0 saturated carbocycles. The van der Waals surface area contributed by atoms with Crippen LogP contribution in [0, 0.1) is 6.92 Å². The summed E-state index contributed by atoms with van der Waals surface area (Å²) < 4.78 is 0. The molecule has 0 bridgehead atoms. The lowest BCUT2D eigenvalue weighted by Gasteiger charge is -2.25. The molecule has 5 rings (SSSR count). The Kier molecular flexibility index (Phi) is 2.98. The number of nitrogens with zero attached hydrogens (tertiary/aromatic N) is 1. The van der Waals surface area contributed by atoms with Crippen LogP contribution in [0.15, 0.2) is 78.9 Å². The van der Waals surface area contributed by atoms with Gasteiger partial charge in [0.1, 0.15) is 0 Å². The normalized spacial score (nSPS) is 11.6. The Balaban J connectivity index is 1.84. The van der Waals surface area contributed by atoms with E-state index in [1.54, 1.807) is 0 Å². The van der Waals surface area contributed by atoms with Crippen molar-refractivity contribution in [2.45, 2.75) is 6.92 Å². The Morgan fingerprint density at radius 3 is 2.12 bits per heavy atom. The Morgan fingerprint density at radius 1 is 0.640 bits per heavy atom. The van der Waals surface area contributed by atoms with E-state index in [4.69, 9.17) is 0 Å². The van der Waals surface area contributed by atoms with Crippen molar-refractivity contribution in [1.82, 2.24) is 0 Å². The number of rotatable bonds is 2. The van der Waals surface area contributed by atoms with Gasteiger partial charge in [-0.05, 0) is 52.1 Å². The van der Waals surface area contributed by atoms with E-state index in [0.717, 1.165) is 0 Å². The third kappa shape index (κ3) is 1.96. The lowest BCUT2D eigenvalue weighted by Crippen LogP contribution is -2.12. The summed E-state index contributed by atoms with van der Waals surface area (Å²) in [5.41, 5.74) is 9.22. The summed E-state index contributed by atoms with van der Waals surface area (Å²) in [6.07, 6.45) is 0. The van der Waals surface area contributed by atoms with Crippen LogP contribution in [-0.2, 0) is 0 Å². The zero-order chi connectivity index (χ0) is 17.0. The zero-order valence-corrected chi connectivity index (χ0v) is 14.5. The van der Waals surface area contributed by atoms with Gasteiger partial charge in [0.05, 0.1) is 5.69 Å². The van der Waals surface area contributed by atoms with Crippen LogP contribution in [0.4, 0.5) is 11.4 Å². The molecule has 0 N–H and O–H groups in total. The third-order valence-corrected chi connectivity index (χ3v) is 5.32. The summed E-state index contributed by atoms with van der Waals surface area (Å²) >= 11 is 0. The van der Waals surface area contributed by atoms with Gasteiger partial charge in [-0.25, -0.2) is 0 Å². The van der Waals surface area contributed by atoms with Gasteiger partial charge in [-0.15, -0.1) is 0 Å². The summed E-state index contributed by atoms with van der Waals surface area (Å²) in [4.78, 5) is 2.32. The van der Waals surface area contributed by atoms with Crippen LogP contribution in [0.1, 0.15) is 5.56 Å². The zero-order valence-electron chi connectivity index (χ0n) is 14.5. The molecule has 0 aliphatic heterocycles. The smallest absolute Gasteiger partial charge is 0.0524 e. The van der Waals surface area contributed by atoms with Crippen LogP contribution in [0.5, 0.6) is 0 Å². The highest BCUT2D eigenvalue weighted by Crippen LogP contribution is 2.52. The van der Waals surface area contributed by atoms with Crippen LogP contribution < -0.4 is 4.90 Å². The summed E-state index contributed by atoms with van der Waals surface area (Å²) in [5, 5.41) is 2.70. The largest absolute Gasteiger partial charge is 0.344 e. The van der Waals surface area contributed by atoms with Crippen molar-refractivity contribution < 1.29 is 0 Å². The van der Waals surface area contributed by atoms with Crippen molar-refractivity contribution in [3.05, 3.63) is 84.4 Å². The van der Waals surface area contributed by atoms with Crippen molar-refractivity contribution in [2.24, 2.45) is 0 Å². The maximum absolute atomic E-state index is 2.32. The molecule has 0 atom stereocenters. The van der Waals surface area contributed by atoms with Gasteiger partial charge < -0.3 is 4.90 Å². The first-order valence-corrected chi connectivity index (χ1v) is 8.70. The minimum atomic E-state index is 1.21. The summed E-state index contributed by atoms with van der Waals surface area (Å²) in [6.45, 7) is 2.21. The fourth-order valence-electron chi connectivity index (χ4n) is 4.18. The minimum absolute atomic E-state index is 1.21. The molecule has 1 heteroatoms. The van der Waals surface area contributed by atoms with Crippen LogP contribution in [0.2, 0.25) is 0 Å². The fourth-order valence-corrected chi connectivity index (χ4v) is 4.18. The van der Waals surface area contributed by atoms with E-state index in [1.165, 1.54) is 50.0 Å². The molecule has 0 saturated heterocycles. The number of hydrogen-bond acceptors (Lipinski definition) is 1. The number of benzene rings is 4. The van der Waals surface area contributed by atoms with E-state index in [0.29, 0.717) is 0 Å². The Hall–Kier alpha value is -3.06. The van der Waals surface area contributed by atoms with Gasteiger partial charge in [-0.2, -0.15) is 0 Å². The first-order valence-electron chi connectivity index (χ1n) is 8.70. The van der Waals surface area contributed by atoms with Gasteiger partial charge in [0, 0.05) is 18.3 Å². The lowest BCUT2D eigenvalue weighted by molar-refractivity contribution is 1.19. The maximum atomic E-state index is 2.32. The summed E-state index contributed by atoms with van der Waals surface area (Å²) in [7, 11) is 2.17. The highest BCUT2D eigenvalue weighted by Gasteiger charge is 2.26. The third-order valence-electron chi connectivity index (χ3n) is 5.32. The predicted octanol–water partition coefficient (Wildman–Crippen LogP) is 6.56. The van der Waals surface area contributed by atoms with Crippen LogP contribution >= 0.6 is 0 Å². The van der Waals surface area contributed by atoms with E-state index >= 15 is 0 Å². The maximum Gasteiger partial charge on any atom is 0.0524 e. The highest BCUT2D eigenvalue weighted by molar-refractivity contribution is 6.18. The molecule has 1 aliphatic carbocycles. The van der Waals surface area contributed by atoms with Crippen LogP contribution in [-0.4, -0.2) is 7.05 Å². The Labute approximate surface area is 148 Å². The van der Waals surface area contributed by atoms with E-state index in [-0.39, 0.29) is 0 Å². The molecule has 0 fully saturated rings. The van der Waals surface area contributed by atoms with Gasteiger partial charge in [-0.1, -0.05) is 66.7 Å². The monoisotopic (exact) mass is 321 g/mol. The molecule has 4 aromatic rings. The van der Waals surface area contributed by atoms with Crippen molar-refractivity contribution in [3.8, 4) is 22.3 Å².